The van der Waals surface area contributed by atoms with Crippen LogP contribution in [0.1, 0.15) is 11.1 Å². The number of anilines is 3. The van der Waals surface area contributed by atoms with Crippen LogP contribution in [-0.4, -0.2) is 18.1 Å². The summed E-state index contributed by atoms with van der Waals surface area (Å²) in [4.78, 5) is 3.60. The third kappa shape index (κ3) is 6.67. The molecule has 0 atom stereocenters. The topological polar surface area (TPSA) is 120 Å². The highest BCUT2D eigenvalue weighted by Gasteiger charge is 2.32. The Bertz CT molecular complexity index is 1200. The van der Waals surface area contributed by atoms with Gasteiger partial charge in [0.25, 0.3) is 0 Å². The Kier molecular flexibility index (Phi) is 8.17. The SMILES string of the molecule is N#CC(C#N)=C(C#N)Nc1cc(C(F)(F)F)ccc1NCCNc1ncc(C(F)(F)F)cc1Cl. The van der Waals surface area contributed by atoms with Crippen molar-refractivity contribution in [3.8, 4) is 18.2 Å². The molecule has 176 valence electrons. The van der Waals surface area contributed by atoms with Gasteiger partial charge < -0.3 is 16.0 Å². The number of rotatable bonds is 7. The van der Waals surface area contributed by atoms with E-state index in [1.807, 2.05) is 0 Å². The zero-order chi connectivity index (χ0) is 25.5. The van der Waals surface area contributed by atoms with Gasteiger partial charge in [-0.3, -0.25) is 0 Å². The van der Waals surface area contributed by atoms with Crippen molar-refractivity contribution in [3.63, 3.8) is 0 Å². The van der Waals surface area contributed by atoms with E-state index in [4.69, 9.17) is 27.4 Å². The van der Waals surface area contributed by atoms with E-state index in [2.05, 4.69) is 20.9 Å². The van der Waals surface area contributed by atoms with Gasteiger partial charge in [0.2, 0.25) is 0 Å². The molecule has 0 aliphatic rings. The van der Waals surface area contributed by atoms with Crippen LogP contribution in [0.5, 0.6) is 0 Å². The van der Waals surface area contributed by atoms with Crippen LogP contribution in [0, 0.1) is 34.0 Å². The monoisotopic (exact) mass is 499 g/mol. The van der Waals surface area contributed by atoms with Crippen molar-refractivity contribution in [2.75, 3.05) is 29.0 Å². The Balaban J connectivity index is 2.19. The van der Waals surface area contributed by atoms with Crippen molar-refractivity contribution in [1.29, 1.82) is 15.8 Å². The minimum absolute atomic E-state index is 0.0357. The van der Waals surface area contributed by atoms with Crippen LogP contribution in [-0.2, 0) is 12.4 Å². The standard InChI is InChI=1S/C20H12ClF6N7/c21-14-5-13(20(25,26)27)10-33-18(14)32-4-3-31-15-2-1-12(19(22,23)24)6-16(15)34-17(9-30)11(7-28)8-29/h1-2,5-6,10,31,34H,3-4H2,(H,32,33). The molecule has 0 fully saturated rings. The second-order valence-electron chi connectivity index (χ2n) is 6.37. The lowest BCUT2D eigenvalue weighted by Crippen LogP contribution is -2.16. The maximum atomic E-state index is 13.1. The molecule has 0 amide bonds. The number of nitriles is 3. The molecule has 0 spiro atoms. The van der Waals surface area contributed by atoms with Gasteiger partial charge in [0, 0.05) is 19.3 Å². The first kappa shape index (κ1) is 26.1. The van der Waals surface area contributed by atoms with Gasteiger partial charge in [0.15, 0.2) is 5.57 Å². The van der Waals surface area contributed by atoms with Crippen LogP contribution in [0.2, 0.25) is 5.02 Å². The van der Waals surface area contributed by atoms with Gasteiger partial charge >= 0.3 is 12.4 Å². The molecule has 1 aromatic carbocycles. The Morgan fingerprint density at radius 1 is 0.853 bits per heavy atom. The minimum atomic E-state index is -4.70. The number of pyridine rings is 1. The lowest BCUT2D eigenvalue weighted by atomic mass is 10.1. The molecule has 34 heavy (non-hydrogen) atoms. The van der Waals surface area contributed by atoms with Crippen molar-refractivity contribution in [1.82, 2.24) is 4.98 Å². The summed E-state index contributed by atoms with van der Waals surface area (Å²) >= 11 is 5.80. The van der Waals surface area contributed by atoms with Crippen LogP contribution < -0.4 is 16.0 Å². The smallest absolute Gasteiger partial charge is 0.382 e. The zero-order valence-corrected chi connectivity index (χ0v) is 17.5. The van der Waals surface area contributed by atoms with Crippen molar-refractivity contribution in [2.45, 2.75) is 12.4 Å². The van der Waals surface area contributed by atoms with Gasteiger partial charge in [-0.05, 0) is 24.3 Å². The molecule has 14 heteroatoms. The summed E-state index contributed by atoms with van der Waals surface area (Å²) in [5, 5.41) is 34.5. The van der Waals surface area contributed by atoms with Gasteiger partial charge in [-0.15, -0.1) is 0 Å². The summed E-state index contributed by atoms with van der Waals surface area (Å²) < 4.78 is 77.4. The number of alkyl halides is 6. The van der Waals surface area contributed by atoms with Crippen LogP contribution in [0.15, 0.2) is 41.7 Å². The van der Waals surface area contributed by atoms with Gasteiger partial charge in [0.1, 0.15) is 29.7 Å². The first-order valence-electron chi connectivity index (χ1n) is 9.04. The molecule has 0 saturated carbocycles. The molecule has 0 aliphatic heterocycles. The maximum absolute atomic E-state index is 13.1. The van der Waals surface area contributed by atoms with Crippen LogP contribution in [0.3, 0.4) is 0 Å². The van der Waals surface area contributed by atoms with Gasteiger partial charge in [-0.1, -0.05) is 11.6 Å². The lowest BCUT2D eigenvalue weighted by Gasteiger charge is -2.17. The number of hydrogen-bond donors (Lipinski definition) is 3. The van der Waals surface area contributed by atoms with Crippen LogP contribution >= 0.6 is 11.6 Å². The molecule has 0 saturated heterocycles. The van der Waals surface area contributed by atoms with Gasteiger partial charge in [-0.25, -0.2) is 4.98 Å². The molecule has 2 aromatic rings. The fourth-order valence-electron chi connectivity index (χ4n) is 2.50. The molecule has 7 nitrogen and oxygen atoms in total. The molecule has 2 rings (SSSR count). The molecule has 1 aromatic heterocycles. The summed E-state index contributed by atoms with van der Waals surface area (Å²) in [6.45, 7) is 0.0785. The van der Waals surface area contributed by atoms with E-state index in [9.17, 15) is 26.3 Å². The van der Waals surface area contributed by atoms with Crippen molar-refractivity contribution < 1.29 is 26.3 Å². The molecule has 3 N–H and O–H groups in total. The van der Waals surface area contributed by atoms with E-state index in [-0.39, 0.29) is 35.3 Å². The van der Waals surface area contributed by atoms with Crippen molar-refractivity contribution in [2.24, 2.45) is 0 Å². The van der Waals surface area contributed by atoms with Gasteiger partial charge in [-0.2, -0.15) is 42.1 Å². The third-order valence-corrected chi connectivity index (χ3v) is 4.38. The van der Waals surface area contributed by atoms with E-state index >= 15 is 0 Å². The molecular weight excluding hydrogens is 488 g/mol. The average Bonchev–Trinajstić information content (AvgIpc) is 2.76. The first-order chi connectivity index (χ1) is 15.9. The third-order valence-electron chi connectivity index (χ3n) is 4.09. The summed E-state index contributed by atoms with van der Waals surface area (Å²) in [6, 6.07) is 7.71. The van der Waals surface area contributed by atoms with E-state index in [0.717, 1.165) is 12.1 Å². The maximum Gasteiger partial charge on any atom is 0.417 e. The number of allylic oxidation sites excluding steroid dienone is 2. The quantitative estimate of drug-likeness (QED) is 0.260. The van der Waals surface area contributed by atoms with Crippen molar-refractivity contribution in [3.05, 3.63) is 57.9 Å². The Morgan fingerprint density at radius 2 is 1.47 bits per heavy atom. The summed E-state index contributed by atoms with van der Waals surface area (Å²) in [7, 11) is 0. The second kappa shape index (κ2) is 10.6. The number of nitrogens with zero attached hydrogens (tertiary/aromatic N) is 4. The summed E-state index contributed by atoms with van der Waals surface area (Å²) in [6.07, 6.45) is -8.72. The Hall–Kier alpha value is -4.15. The fraction of sp³-hybridized carbons (Fsp3) is 0.200. The first-order valence-corrected chi connectivity index (χ1v) is 9.41. The van der Waals surface area contributed by atoms with Crippen LogP contribution in [0.4, 0.5) is 43.5 Å². The van der Waals surface area contributed by atoms with Gasteiger partial charge in [0.05, 0.1) is 27.5 Å². The normalized spacial score (nSPS) is 10.9. The van der Waals surface area contributed by atoms with E-state index in [1.54, 1.807) is 6.07 Å². The van der Waals surface area contributed by atoms with E-state index in [0.29, 0.717) is 18.3 Å². The fourth-order valence-corrected chi connectivity index (χ4v) is 2.73. The van der Waals surface area contributed by atoms with Crippen LogP contribution in [0.25, 0.3) is 0 Å². The zero-order valence-electron chi connectivity index (χ0n) is 16.7. The number of hydrogen-bond acceptors (Lipinski definition) is 7. The average molecular weight is 500 g/mol. The molecule has 0 radical (unpaired) electrons. The number of benzene rings is 1. The second-order valence-corrected chi connectivity index (χ2v) is 6.78. The molecule has 0 unspecified atom stereocenters. The van der Waals surface area contributed by atoms with Crippen molar-refractivity contribution >= 4 is 28.8 Å². The highest BCUT2D eigenvalue weighted by Crippen LogP contribution is 2.35. The van der Waals surface area contributed by atoms with E-state index < -0.39 is 34.7 Å². The number of aromatic nitrogens is 1. The predicted molar refractivity (Wildman–Crippen MR) is 110 cm³/mol. The minimum Gasteiger partial charge on any atom is -0.382 e. The lowest BCUT2D eigenvalue weighted by molar-refractivity contribution is -0.138. The number of halogens is 7. The molecule has 1 heterocycles. The molecule has 0 aliphatic carbocycles. The molecule has 0 bridgehead atoms. The summed E-state index contributed by atoms with van der Waals surface area (Å²) in [5.41, 5.74) is -3.41. The number of nitrogens with one attached hydrogen (secondary N) is 3. The molecular formula is C20H12ClF6N7. The largest absolute Gasteiger partial charge is 0.417 e. The highest BCUT2D eigenvalue weighted by atomic mass is 35.5. The summed E-state index contributed by atoms with van der Waals surface area (Å²) in [5.74, 6) is -0.0374. The Morgan fingerprint density at radius 3 is 2.00 bits per heavy atom. The Labute approximate surface area is 193 Å². The predicted octanol–water partition coefficient (Wildman–Crippen LogP) is 5.53. The van der Waals surface area contributed by atoms with E-state index in [1.165, 1.54) is 12.1 Å². The highest BCUT2D eigenvalue weighted by molar-refractivity contribution is 6.32.